The van der Waals surface area contributed by atoms with E-state index in [1.165, 1.54) is 5.56 Å². The van der Waals surface area contributed by atoms with Gasteiger partial charge in [-0.25, -0.2) is 0 Å². The van der Waals surface area contributed by atoms with E-state index in [2.05, 4.69) is 23.1 Å². The molecular formula is C14H18N2O. The average Bonchev–Trinajstić information content (AvgIpc) is 2.72. The number of hydrogen-bond donors (Lipinski definition) is 0. The maximum absolute atomic E-state index is 8.93. The highest BCUT2D eigenvalue weighted by molar-refractivity contribution is 5.13. The predicted octanol–water partition coefficient (Wildman–Crippen LogP) is 2.19. The van der Waals surface area contributed by atoms with Crippen molar-refractivity contribution in [3.8, 4) is 6.07 Å². The summed E-state index contributed by atoms with van der Waals surface area (Å²) in [5.74, 6) is 0. The third-order valence-electron chi connectivity index (χ3n) is 3.41. The van der Waals surface area contributed by atoms with Crippen LogP contribution in [0.3, 0.4) is 0 Å². The lowest BCUT2D eigenvalue weighted by atomic mass is 10.2. The lowest BCUT2D eigenvalue weighted by molar-refractivity contribution is 0.0707. The van der Waals surface area contributed by atoms with Gasteiger partial charge < -0.3 is 4.74 Å². The Labute approximate surface area is 103 Å². The average molecular weight is 230 g/mol. The summed E-state index contributed by atoms with van der Waals surface area (Å²) in [6.07, 6.45) is 2.02. The molecule has 0 N–H and O–H groups in total. The lowest BCUT2D eigenvalue weighted by Crippen LogP contribution is -2.34. The molecule has 2 rings (SSSR count). The molecule has 0 saturated carbocycles. The molecule has 0 aliphatic carbocycles. The van der Waals surface area contributed by atoms with Gasteiger partial charge in [0, 0.05) is 6.04 Å². The Bertz CT molecular complexity index is 385. The molecule has 1 aliphatic heterocycles. The van der Waals surface area contributed by atoms with Crippen molar-refractivity contribution in [2.45, 2.75) is 31.5 Å². The topological polar surface area (TPSA) is 36.3 Å². The Hall–Kier alpha value is -1.37. The van der Waals surface area contributed by atoms with Gasteiger partial charge in [-0.1, -0.05) is 30.3 Å². The first-order chi connectivity index (χ1) is 8.31. The van der Waals surface area contributed by atoms with Crippen molar-refractivity contribution in [1.29, 1.82) is 5.26 Å². The highest BCUT2D eigenvalue weighted by atomic mass is 16.5. The molecule has 1 aromatic rings. The van der Waals surface area contributed by atoms with Gasteiger partial charge in [0.15, 0.2) is 0 Å². The van der Waals surface area contributed by atoms with Crippen molar-refractivity contribution in [3.63, 3.8) is 0 Å². The molecule has 0 bridgehead atoms. The molecule has 0 amide bonds. The third-order valence-corrected chi connectivity index (χ3v) is 3.41. The first kappa shape index (κ1) is 12.1. The Kier molecular flexibility index (Phi) is 4.13. The van der Waals surface area contributed by atoms with Gasteiger partial charge in [0.2, 0.25) is 0 Å². The number of likely N-dealkylation sites (N-methyl/N-ethyl adjacent to an activating group) is 1. The number of benzene rings is 1. The summed E-state index contributed by atoms with van der Waals surface area (Å²) in [4.78, 5) is 2.13. The molecule has 90 valence electrons. The van der Waals surface area contributed by atoms with E-state index >= 15 is 0 Å². The first-order valence-corrected chi connectivity index (χ1v) is 6.04. The van der Waals surface area contributed by atoms with Gasteiger partial charge in [-0.3, -0.25) is 4.90 Å². The minimum Gasteiger partial charge on any atom is -0.375 e. The zero-order valence-electron chi connectivity index (χ0n) is 10.2. The first-order valence-electron chi connectivity index (χ1n) is 6.04. The van der Waals surface area contributed by atoms with E-state index in [0.29, 0.717) is 19.3 Å². The quantitative estimate of drug-likeness (QED) is 0.795. The molecule has 1 aliphatic rings. The molecular weight excluding hydrogens is 212 g/mol. The van der Waals surface area contributed by atoms with Crippen LogP contribution < -0.4 is 0 Å². The van der Waals surface area contributed by atoms with Gasteiger partial charge in [-0.05, 0) is 25.5 Å². The van der Waals surface area contributed by atoms with Crippen LogP contribution in [0, 0.1) is 11.3 Å². The van der Waals surface area contributed by atoms with E-state index in [0.717, 1.165) is 12.8 Å². The fourth-order valence-electron chi connectivity index (χ4n) is 2.26. The molecule has 0 aromatic heterocycles. The number of hydrogen-bond acceptors (Lipinski definition) is 3. The van der Waals surface area contributed by atoms with Crippen LogP contribution in [-0.4, -0.2) is 30.6 Å². The largest absolute Gasteiger partial charge is 0.375 e. The normalized spacial score (nSPS) is 24.7. The monoisotopic (exact) mass is 230 g/mol. The molecule has 1 fully saturated rings. The second-order valence-electron chi connectivity index (χ2n) is 4.54. The minimum atomic E-state index is 0.0697. The molecule has 3 nitrogen and oxygen atoms in total. The maximum atomic E-state index is 8.93. The summed E-state index contributed by atoms with van der Waals surface area (Å²) in [5.41, 5.74) is 1.20. The molecule has 1 saturated heterocycles. The van der Waals surface area contributed by atoms with E-state index in [1.807, 2.05) is 25.2 Å². The number of nitrogens with zero attached hydrogens (tertiary/aromatic N) is 2. The second kappa shape index (κ2) is 5.81. The minimum absolute atomic E-state index is 0.0697. The predicted molar refractivity (Wildman–Crippen MR) is 66.3 cm³/mol. The number of likely N-dealkylation sites (tertiary alicyclic amines) is 1. The zero-order valence-corrected chi connectivity index (χ0v) is 10.2. The Morgan fingerprint density at radius 3 is 2.76 bits per heavy atom. The molecule has 0 spiro atoms. The smallest absolute Gasteiger partial charge is 0.0979 e. The van der Waals surface area contributed by atoms with Crippen LogP contribution >= 0.6 is 0 Å². The van der Waals surface area contributed by atoms with Crippen molar-refractivity contribution in [3.05, 3.63) is 35.9 Å². The number of ether oxygens (including phenoxy) is 1. The molecule has 0 radical (unpaired) electrons. The highest BCUT2D eigenvalue weighted by Gasteiger charge is 2.30. The molecule has 0 unspecified atom stereocenters. The molecule has 17 heavy (non-hydrogen) atoms. The van der Waals surface area contributed by atoms with Crippen molar-refractivity contribution in [2.24, 2.45) is 0 Å². The Morgan fingerprint density at radius 1 is 1.35 bits per heavy atom. The van der Waals surface area contributed by atoms with Gasteiger partial charge in [0.25, 0.3) is 0 Å². The fraction of sp³-hybridized carbons (Fsp3) is 0.500. The van der Waals surface area contributed by atoms with Crippen molar-refractivity contribution >= 4 is 0 Å². The summed E-state index contributed by atoms with van der Waals surface area (Å²) < 4.78 is 5.72. The summed E-state index contributed by atoms with van der Waals surface area (Å²) in [6.45, 7) is 1.37. The van der Waals surface area contributed by atoms with Crippen molar-refractivity contribution < 1.29 is 4.74 Å². The third kappa shape index (κ3) is 3.06. The Morgan fingerprint density at radius 2 is 2.12 bits per heavy atom. The molecule has 2 atom stereocenters. The van der Waals surface area contributed by atoms with Crippen LogP contribution in [-0.2, 0) is 11.3 Å². The van der Waals surface area contributed by atoms with Gasteiger partial charge in [-0.2, -0.15) is 5.26 Å². The molecule has 1 aromatic carbocycles. The van der Waals surface area contributed by atoms with Crippen LogP contribution in [0.4, 0.5) is 0 Å². The van der Waals surface area contributed by atoms with E-state index in [4.69, 9.17) is 10.00 Å². The summed E-state index contributed by atoms with van der Waals surface area (Å²) in [6, 6.07) is 13.0. The van der Waals surface area contributed by atoms with Crippen LogP contribution in [0.25, 0.3) is 0 Å². The SMILES string of the molecule is CN1[C@H](COCc2ccccc2)CC[C@@H]1C#N. The maximum Gasteiger partial charge on any atom is 0.0979 e. The standard InChI is InChI=1S/C14H18N2O/c1-16-13(9-15)7-8-14(16)11-17-10-12-5-3-2-4-6-12/h2-6,13-14H,7-8,10-11H2,1H3/t13-,14+/m1/s1. The number of nitriles is 1. The summed E-state index contributed by atoms with van der Waals surface area (Å²) >= 11 is 0. The Balaban J connectivity index is 1.75. The fourth-order valence-corrected chi connectivity index (χ4v) is 2.26. The van der Waals surface area contributed by atoms with Gasteiger partial charge in [0.05, 0.1) is 25.3 Å². The zero-order chi connectivity index (χ0) is 12.1. The van der Waals surface area contributed by atoms with Gasteiger partial charge in [-0.15, -0.1) is 0 Å². The van der Waals surface area contributed by atoms with E-state index in [-0.39, 0.29) is 6.04 Å². The van der Waals surface area contributed by atoms with Crippen LogP contribution in [0.5, 0.6) is 0 Å². The van der Waals surface area contributed by atoms with Gasteiger partial charge in [0.1, 0.15) is 0 Å². The summed E-state index contributed by atoms with van der Waals surface area (Å²) in [7, 11) is 2.01. The summed E-state index contributed by atoms with van der Waals surface area (Å²) in [5, 5.41) is 8.93. The van der Waals surface area contributed by atoms with Crippen molar-refractivity contribution in [1.82, 2.24) is 4.90 Å². The van der Waals surface area contributed by atoms with E-state index < -0.39 is 0 Å². The second-order valence-corrected chi connectivity index (χ2v) is 4.54. The number of rotatable bonds is 4. The van der Waals surface area contributed by atoms with Crippen molar-refractivity contribution in [2.75, 3.05) is 13.7 Å². The lowest BCUT2D eigenvalue weighted by Gasteiger charge is -2.21. The van der Waals surface area contributed by atoms with Crippen LogP contribution in [0.1, 0.15) is 18.4 Å². The van der Waals surface area contributed by atoms with E-state index in [9.17, 15) is 0 Å². The van der Waals surface area contributed by atoms with Crippen LogP contribution in [0.2, 0.25) is 0 Å². The molecule has 3 heteroatoms. The highest BCUT2D eigenvalue weighted by Crippen LogP contribution is 2.21. The van der Waals surface area contributed by atoms with E-state index in [1.54, 1.807) is 0 Å². The van der Waals surface area contributed by atoms with Crippen LogP contribution in [0.15, 0.2) is 30.3 Å². The van der Waals surface area contributed by atoms with Gasteiger partial charge >= 0.3 is 0 Å². The molecule has 1 heterocycles.